The van der Waals surface area contributed by atoms with E-state index in [4.69, 9.17) is 17.3 Å². The first-order valence-electron chi connectivity index (χ1n) is 6.69. The lowest BCUT2D eigenvalue weighted by Gasteiger charge is -2.37. The normalized spacial score (nSPS) is 20.9. The number of amides is 1. The summed E-state index contributed by atoms with van der Waals surface area (Å²) in [5.74, 6) is -0.174. The second-order valence-corrected chi connectivity index (χ2v) is 5.77. The van der Waals surface area contributed by atoms with Crippen molar-refractivity contribution in [1.29, 1.82) is 0 Å². The number of nitrogens with two attached hydrogens (primary N) is 1. The number of rotatable bonds is 3. The molecule has 0 aliphatic carbocycles. The van der Waals surface area contributed by atoms with Gasteiger partial charge in [-0.2, -0.15) is 0 Å². The van der Waals surface area contributed by atoms with E-state index in [0.29, 0.717) is 28.9 Å². The van der Waals surface area contributed by atoms with Crippen LogP contribution in [-0.2, 0) is 0 Å². The van der Waals surface area contributed by atoms with Crippen molar-refractivity contribution in [2.45, 2.75) is 6.04 Å². The second-order valence-electron chi connectivity index (χ2n) is 5.34. The lowest BCUT2D eigenvalue weighted by atomic mass is 10.1. The molecule has 1 unspecified atom stereocenters. The van der Waals surface area contributed by atoms with Crippen molar-refractivity contribution in [1.82, 2.24) is 15.1 Å². The Hall–Kier alpha value is -1.30. The summed E-state index contributed by atoms with van der Waals surface area (Å²) in [4.78, 5) is 16.7. The average molecular weight is 297 g/mol. The first kappa shape index (κ1) is 15.1. The summed E-state index contributed by atoms with van der Waals surface area (Å²) >= 11 is 5.90. The van der Waals surface area contributed by atoms with Gasteiger partial charge in [0.05, 0.1) is 5.56 Å². The number of carbonyl (C=O) groups excluding carboxylic acids is 1. The van der Waals surface area contributed by atoms with E-state index in [2.05, 4.69) is 29.2 Å². The number of nitrogen functional groups attached to an aromatic ring is 1. The van der Waals surface area contributed by atoms with Crippen molar-refractivity contribution < 1.29 is 4.79 Å². The molecule has 5 nitrogen and oxygen atoms in total. The zero-order valence-corrected chi connectivity index (χ0v) is 12.7. The second kappa shape index (κ2) is 6.43. The Labute approximate surface area is 124 Å². The van der Waals surface area contributed by atoms with E-state index < -0.39 is 0 Å². The van der Waals surface area contributed by atoms with Gasteiger partial charge in [0.25, 0.3) is 5.91 Å². The van der Waals surface area contributed by atoms with Crippen LogP contribution in [0.3, 0.4) is 0 Å². The molecule has 2 rings (SSSR count). The van der Waals surface area contributed by atoms with E-state index in [1.54, 1.807) is 18.2 Å². The van der Waals surface area contributed by atoms with Gasteiger partial charge in [0.15, 0.2) is 0 Å². The van der Waals surface area contributed by atoms with Crippen molar-refractivity contribution in [2.75, 3.05) is 46.0 Å². The number of anilines is 1. The minimum Gasteiger partial charge on any atom is -0.398 e. The SMILES string of the molecule is CN1CCN(C)C(CNC(=O)c2cc(Cl)ccc2N)C1. The predicted molar refractivity (Wildman–Crippen MR) is 82.1 cm³/mol. The highest BCUT2D eigenvalue weighted by atomic mass is 35.5. The maximum Gasteiger partial charge on any atom is 0.253 e. The number of carbonyl (C=O) groups is 1. The molecule has 6 heteroatoms. The number of piperazine rings is 1. The van der Waals surface area contributed by atoms with E-state index in [1.165, 1.54) is 0 Å². The Bertz CT molecular complexity index is 494. The molecule has 1 amide bonds. The van der Waals surface area contributed by atoms with Crippen LogP contribution < -0.4 is 11.1 Å². The molecule has 1 atom stereocenters. The van der Waals surface area contributed by atoms with Crippen LogP contribution in [0.15, 0.2) is 18.2 Å². The molecule has 1 fully saturated rings. The average Bonchev–Trinajstić information content (AvgIpc) is 2.42. The van der Waals surface area contributed by atoms with Crippen LogP contribution in [0.5, 0.6) is 0 Å². The number of nitrogens with one attached hydrogen (secondary N) is 1. The summed E-state index contributed by atoms with van der Waals surface area (Å²) in [6.45, 7) is 3.62. The summed E-state index contributed by atoms with van der Waals surface area (Å²) in [6, 6.07) is 5.25. The molecular formula is C14H21ClN4O. The molecular weight excluding hydrogens is 276 g/mol. The van der Waals surface area contributed by atoms with Crippen LogP contribution in [0.25, 0.3) is 0 Å². The first-order chi connectivity index (χ1) is 9.47. The van der Waals surface area contributed by atoms with Gasteiger partial charge in [-0.25, -0.2) is 0 Å². The zero-order chi connectivity index (χ0) is 14.7. The maximum atomic E-state index is 12.2. The molecule has 20 heavy (non-hydrogen) atoms. The van der Waals surface area contributed by atoms with E-state index in [9.17, 15) is 4.79 Å². The van der Waals surface area contributed by atoms with Gasteiger partial charge in [-0.15, -0.1) is 0 Å². The smallest absolute Gasteiger partial charge is 0.253 e. The molecule has 0 radical (unpaired) electrons. The van der Waals surface area contributed by atoms with Crippen LogP contribution in [0.4, 0.5) is 5.69 Å². The summed E-state index contributed by atoms with van der Waals surface area (Å²) < 4.78 is 0. The fraction of sp³-hybridized carbons (Fsp3) is 0.500. The van der Waals surface area contributed by atoms with Crippen molar-refractivity contribution in [3.63, 3.8) is 0 Å². The van der Waals surface area contributed by atoms with Gasteiger partial charge >= 0.3 is 0 Å². The molecule has 110 valence electrons. The molecule has 0 spiro atoms. The van der Waals surface area contributed by atoms with Crippen LogP contribution in [-0.4, -0.2) is 62.0 Å². The maximum absolute atomic E-state index is 12.2. The highest BCUT2D eigenvalue weighted by Gasteiger charge is 2.22. The molecule has 1 aliphatic rings. The van der Waals surface area contributed by atoms with Gasteiger partial charge in [-0.3, -0.25) is 9.69 Å². The minimum absolute atomic E-state index is 0.174. The molecule has 1 saturated heterocycles. The monoisotopic (exact) mass is 296 g/mol. The Morgan fingerprint density at radius 2 is 2.20 bits per heavy atom. The van der Waals surface area contributed by atoms with Gasteiger partial charge in [0.1, 0.15) is 0 Å². The Morgan fingerprint density at radius 3 is 2.95 bits per heavy atom. The Morgan fingerprint density at radius 1 is 1.45 bits per heavy atom. The largest absolute Gasteiger partial charge is 0.398 e. The van der Waals surface area contributed by atoms with Gasteiger partial charge in [-0.1, -0.05) is 11.6 Å². The first-order valence-corrected chi connectivity index (χ1v) is 7.07. The number of likely N-dealkylation sites (N-methyl/N-ethyl adjacent to an activating group) is 2. The third-order valence-corrected chi connectivity index (χ3v) is 3.97. The van der Waals surface area contributed by atoms with Crippen molar-refractivity contribution in [3.05, 3.63) is 28.8 Å². The van der Waals surface area contributed by atoms with Gasteiger partial charge < -0.3 is 16.0 Å². The highest BCUT2D eigenvalue weighted by Crippen LogP contribution is 2.17. The highest BCUT2D eigenvalue weighted by molar-refractivity contribution is 6.31. The summed E-state index contributed by atoms with van der Waals surface area (Å²) in [7, 11) is 4.17. The molecule has 1 aromatic carbocycles. The van der Waals surface area contributed by atoms with E-state index in [-0.39, 0.29) is 5.91 Å². The number of hydrogen-bond donors (Lipinski definition) is 2. The molecule has 1 heterocycles. The van der Waals surface area contributed by atoms with Crippen molar-refractivity contribution in [3.8, 4) is 0 Å². The molecule has 0 saturated carbocycles. The summed E-state index contributed by atoms with van der Waals surface area (Å²) in [6.07, 6.45) is 0. The van der Waals surface area contributed by atoms with E-state index in [0.717, 1.165) is 19.6 Å². The van der Waals surface area contributed by atoms with Crippen molar-refractivity contribution in [2.24, 2.45) is 0 Å². The minimum atomic E-state index is -0.174. The number of halogens is 1. The number of hydrogen-bond acceptors (Lipinski definition) is 4. The Kier molecular flexibility index (Phi) is 4.86. The number of nitrogens with zero attached hydrogens (tertiary/aromatic N) is 2. The zero-order valence-electron chi connectivity index (χ0n) is 11.9. The summed E-state index contributed by atoms with van der Waals surface area (Å²) in [5, 5.41) is 3.45. The van der Waals surface area contributed by atoms with E-state index in [1.807, 2.05) is 0 Å². The molecule has 3 N–H and O–H groups in total. The molecule has 1 aromatic rings. The predicted octanol–water partition coefficient (Wildman–Crippen LogP) is 0.898. The van der Waals surface area contributed by atoms with Gasteiger partial charge in [-0.05, 0) is 32.3 Å². The van der Waals surface area contributed by atoms with Crippen LogP contribution in [0, 0.1) is 0 Å². The quantitative estimate of drug-likeness (QED) is 0.814. The fourth-order valence-corrected chi connectivity index (χ4v) is 2.52. The topological polar surface area (TPSA) is 61.6 Å². The van der Waals surface area contributed by atoms with Gasteiger partial charge in [0, 0.05) is 42.9 Å². The lowest BCUT2D eigenvalue weighted by Crippen LogP contribution is -2.54. The molecule has 0 aromatic heterocycles. The summed E-state index contributed by atoms with van der Waals surface area (Å²) in [5.41, 5.74) is 6.69. The Balaban J connectivity index is 1.96. The van der Waals surface area contributed by atoms with Crippen LogP contribution in [0.2, 0.25) is 5.02 Å². The van der Waals surface area contributed by atoms with Crippen molar-refractivity contribution >= 4 is 23.2 Å². The standard InChI is InChI=1S/C14H21ClN4O/c1-18-5-6-19(2)11(9-18)8-17-14(20)12-7-10(15)3-4-13(12)16/h3-4,7,11H,5-6,8-9,16H2,1-2H3,(H,17,20). The third-order valence-electron chi connectivity index (χ3n) is 3.74. The number of benzene rings is 1. The van der Waals surface area contributed by atoms with E-state index >= 15 is 0 Å². The fourth-order valence-electron chi connectivity index (χ4n) is 2.35. The van der Waals surface area contributed by atoms with Gasteiger partial charge in [0.2, 0.25) is 0 Å². The van der Waals surface area contributed by atoms with Crippen LogP contribution in [0.1, 0.15) is 10.4 Å². The molecule has 1 aliphatic heterocycles. The lowest BCUT2D eigenvalue weighted by molar-refractivity contribution is 0.0882. The van der Waals surface area contributed by atoms with Crippen LogP contribution >= 0.6 is 11.6 Å². The molecule has 0 bridgehead atoms. The third kappa shape index (κ3) is 3.62.